The highest BCUT2D eigenvalue weighted by Gasteiger charge is 2.40. The number of aryl methyl sites for hydroxylation is 1. The van der Waals surface area contributed by atoms with Crippen molar-refractivity contribution in [1.82, 2.24) is 5.32 Å². The van der Waals surface area contributed by atoms with Crippen LogP contribution in [0.4, 0.5) is 0 Å². The van der Waals surface area contributed by atoms with Crippen molar-refractivity contribution in [3.63, 3.8) is 0 Å². The first-order chi connectivity index (χ1) is 10.1. The van der Waals surface area contributed by atoms with Crippen molar-refractivity contribution in [2.24, 2.45) is 0 Å². The van der Waals surface area contributed by atoms with E-state index in [-0.39, 0.29) is 5.41 Å². The highest BCUT2D eigenvalue weighted by molar-refractivity contribution is 9.10. The smallest absolute Gasteiger partial charge is 0.122 e. The quantitative estimate of drug-likeness (QED) is 0.908. The first kappa shape index (κ1) is 14.6. The van der Waals surface area contributed by atoms with Gasteiger partial charge in [-0.1, -0.05) is 40.2 Å². The van der Waals surface area contributed by atoms with Crippen molar-refractivity contribution in [1.29, 1.82) is 0 Å². The fraction of sp³-hybridized carbons (Fsp3) is 0.333. The molecule has 0 aliphatic carbocycles. The fourth-order valence-corrected chi connectivity index (χ4v) is 3.66. The maximum Gasteiger partial charge on any atom is 0.122 e. The van der Waals surface area contributed by atoms with Gasteiger partial charge in [0.2, 0.25) is 0 Å². The molecule has 2 aromatic carbocycles. The van der Waals surface area contributed by atoms with E-state index in [9.17, 15) is 0 Å². The summed E-state index contributed by atoms with van der Waals surface area (Å²) in [5.41, 5.74) is 4.26. The Bertz CT molecular complexity index is 649. The molecule has 0 spiro atoms. The number of hydrogen-bond donors (Lipinski definition) is 1. The lowest BCUT2D eigenvalue weighted by molar-refractivity contribution is 0.270. The minimum absolute atomic E-state index is 0.180. The van der Waals surface area contributed by atoms with Crippen molar-refractivity contribution in [2.75, 3.05) is 20.2 Å². The number of hydrogen-bond acceptors (Lipinski definition) is 2. The molecular formula is C18H20BrNO. The maximum atomic E-state index is 5.54. The Morgan fingerprint density at radius 1 is 1.19 bits per heavy atom. The molecule has 1 fully saturated rings. The number of rotatable bonds is 4. The summed E-state index contributed by atoms with van der Waals surface area (Å²) in [6.45, 7) is 4.24. The van der Waals surface area contributed by atoms with Gasteiger partial charge in [-0.2, -0.15) is 0 Å². The van der Waals surface area contributed by atoms with Gasteiger partial charge >= 0.3 is 0 Å². The molecule has 0 radical (unpaired) electrons. The summed E-state index contributed by atoms with van der Waals surface area (Å²) in [5, 5.41) is 3.45. The molecular weight excluding hydrogens is 326 g/mol. The van der Waals surface area contributed by atoms with Crippen LogP contribution in [0.3, 0.4) is 0 Å². The third kappa shape index (κ3) is 2.72. The van der Waals surface area contributed by atoms with Gasteiger partial charge in [0.15, 0.2) is 0 Å². The number of halogens is 1. The molecule has 21 heavy (non-hydrogen) atoms. The molecule has 1 N–H and O–H groups in total. The van der Waals surface area contributed by atoms with E-state index in [1.165, 1.54) is 16.7 Å². The molecule has 110 valence electrons. The Labute approximate surface area is 134 Å². The van der Waals surface area contributed by atoms with Crippen molar-refractivity contribution < 1.29 is 4.74 Å². The Hall–Kier alpha value is -1.32. The van der Waals surface area contributed by atoms with Crippen LogP contribution in [-0.2, 0) is 11.8 Å². The molecule has 2 nitrogen and oxygen atoms in total. The molecule has 3 heteroatoms. The van der Waals surface area contributed by atoms with Crippen molar-refractivity contribution in [2.45, 2.75) is 18.8 Å². The van der Waals surface area contributed by atoms with Gasteiger partial charge in [-0.25, -0.2) is 0 Å². The van der Waals surface area contributed by atoms with Crippen LogP contribution in [0.2, 0.25) is 0 Å². The van der Waals surface area contributed by atoms with E-state index in [1.54, 1.807) is 7.11 Å². The minimum atomic E-state index is 0.180. The van der Waals surface area contributed by atoms with E-state index >= 15 is 0 Å². The predicted molar refractivity (Wildman–Crippen MR) is 90.1 cm³/mol. The lowest BCUT2D eigenvalue weighted by Crippen LogP contribution is -2.58. The SMILES string of the molecule is COc1ccc(Br)cc1CC1(c2ccccc2C)CNC1. The van der Waals surface area contributed by atoms with Crippen LogP contribution in [0.5, 0.6) is 5.75 Å². The summed E-state index contributed by atoms with van der Waals surface area (Å²) in [6, 6.07) is 15.0. The molecule has 0 aromatic heterocycles. The van der Waals surface area contributed by atoms with Crippen LogP contribution >= 0.6 is 15.9 Å². The lowest BCUT2D eigenvalue weighted by Gasteiger charge is -2.44. The van der Waals surface area contributed by atoms with Crippen LogP contribution < -0.4 is 10.1 Å². The summed E-state index contributed by atoms with van der Waals surface area (Å²) in [5.74, 6) is 0.970. The second-order valence-corrected chi connectivity index (χ2v) is 6.75. The number of nitrogens with one attached hydrogen (secondary N) is 1. The Morgan fingerprint density at radius 2 is 1.95 bits per heavy atom. The molecule has 0 amide bonds. The average molecular weight is 346 g/mol. The zero-order valence-corrected chi connectivity index (χ0v) is 14.0. The molecule has 1 saturated heterocycles. The van der Waals surface area contributed by atoms with Gasteiger partial charge in [0.1, 0.15) is 5.75 Å². The summed E-state index contributed by atoms with van der Waals surface area (Å²) in [6.07, 6.45) is 0.994. The number of ether oxygens (including phenoxy) is 1. The molecule has 3 rings (SSSR count). The topological polar surface area (TPSA) is 21.3 Å². The van der Waals surface area contributed by atoms with Gasteiger partial charge in [0.25, 0.3) is 0 Å². The van der Waals surface area contributed by atoms with E-state index in [0.29, 0.717) is 0 Å². The van der Waals surface area contributed by atoms with Gasteiger partial charge < -0.3 is 10.1 Å². The maximum absolute atomic E-state index is 5.54. The van der Waals surface area contributed by atoms with Crippen LogP contribution in [-0.4, -0.2) is 20.2 Å². The summed E-state index contributed by atoms with van der Waals surface area (Å²) < 4.78 is 6.64. The molecule has 0 saturated carbocycles. The van der Waals surface area contributed by atoms with Crippen molar-refractivity contribution in [3.05, 3.63) is 63.6 Å². The van der Waals surface area contributed by atoms with Crippen LogP contribution in [0.25, 0.3) is 0 Å². The van der Waals surface area contributed by atoms with Crippen LogP contribution in [0.1, 0.15) is 16.7 Å². The predicted octanol–water partition coefficient (Wildman–Crippen LogP) is 3.85. The standard InChI is InChI=1S/C18H20BrNO/c1-13-5-3-4-6-16(13)18(11-20-12-18)10-14-9-15(19)7-8-17(14)21-2/h3-9,20H,10-12H2,1-2H3. The molecule has 2 aromatic rings. The Kier molecular flexibility index (Phi) is 4.05. The molecule has 0 bridgehead atoms. The molecule has 1 aliphatic heterocycles. The molecule has 1 heterocycles. The van der Waals surface area contributed by atoms with Gasteiger partial charge in [0, 0.05) is 23.0 Å². The normalized spacial score (nSPS) is 16.3. The third-order valence-electron chi connectivity index (χ3n) is 4.41. The second kappa shape index (κ2) is 5.82. The number of benzene rings is 2. The van der Waals surface area contributed by atoms with E-state index in [0.717, 1.165) is 29.7 Å². The van der Waals surface area contributed by atoms with Crippen LogP contribution in [0, 0.1) is 6.92 Å². The van der Waals surface area contributed by atoms with Gasteiger partial charge in [0.05, 0.1) is 7.11 Å². The molecule has 0 unspecified atom stereocenters. The van der Waals surface area contributed by atoms with Crippen molar-refractivity contribution >= 4 is 15.9 Å². The molecule has 0 atom stereocenters. The minimum Gasteiger partial charge on any atom is -0.496 e. The van der Waals surface area contributed by atoms with E-state index in [1.807, 2.05) is 12.1 Å². The number of methoxy groups -OCH3 is 1. The summed E-state index contributed by atoms with van der Waals surface area (Å²) >= 11 is 3.57. The zero-order chi connectivity index (χ0) is 14.9. The van der Waals surface area contributed by atoms with Crippen molar-refractivity contribution in [3.8, 4) is 5.75 Å². The lowest BCUT2D eigenvalue weighted by atomic mass is 9.69. The summed E-state index contributed by atoms with van der Waals surface area (Å²) in [4.78, 5) is 0. The van der Waals surface area contributed by atoms with Gasteiger partial charge in [-0.15, -0.1) is 0 Å². The molecule has 1 aliphatic rings. The third-order valence-corrected chi connectivity index (χ3v) is 4.91. The first-order valence-electron chi connectivity index (χ1n) is 7.24. The fourth-order valence-electron chi connectivity index (χ4n) is 3.26. The van der Waals surface area contributed by atoms with Gasteiger partial charge in [-0.05, 0) is 48.2 Å². The zero-order valence-electron chi connectivity index (χ0n) is 12.4. The highest BCUT2D eigenvalue weighted by Crippen LogP contribution is 2.37. The Morgan fingerprint density at radius 3 is 2.57 bits per heavy atom. The van der Waals surface area contributed by atoms with Gasteiger partial charge in [-0.3, -0.25) is 0 Å². The second-order valence-electron chi connectivity index (χ2n) is 5.83. The highest BCUT2D eigenvalue weighted by atomic mass is 79.9. The monoisotopic (exact) mass is 345 g/mol. The van der Waals surface area contributed by atoms with E-state index in [4.69, 9.17) is 4.74 Å². The average Bonchev–Trinajstić information content (AvgIpc) is 2.44. The van der Waals surface area contributed by atoms with Crippen LogP contribution in [0.15, 0.2) is 46.9 Å². The van der Waals surface area contributed by atoms with E-state index < -0.39 is 0 Å². The first-order valence-corrected chi connectivity index (χ1v) is 8.03. The largest absolute Gasteiger partial charge is 0.496 e. The summed E-state index contributed by atoms with van der Waals surface area (Å²) in [7, 11) is 1.74. The Balaban J connectivity index is 1.99. The van der Waals surface area contributed by atoms with E-state index in [2.05, 4.69) is 58.5 Å².